The number of fused-ring (bicyclic) bond motifs is 2. The van der Waals surface area contributed by atoms with E-state index in [1.165, 1.54) is 12.1 Å². The van der Waals surface area contributed by atoms with E-state index in [0.717, 1.165) is 23.3 Å². The zero-order valence-corrected chi connectivity index (χ0v) is 15.9. The molecular formula is C22H19F3N2O3. The molecule has 0 aliphatic carbocycles. The Morgan fingerprint density at radius 1 is 1.13 bits per heavy atom. The molecule has 30 heavy (non-hydrogen) atoms. The largest absolute Gasteiger partial charge is 0.493 e. The predicted molar refractivity (Wildman–Crippen MR) is 105 cm³/mol. The molecule has 8 heteroatoms. The van der Waals surface area contributed by atoms with Crippen molar-refractivity contribution in [1.82, 2.24) is 5.32 Å². The monoisotopic (exact) mass is 416 g/mol. The molecule has 2 heterocycles. The second-order valence-electron chi connectivity index (χ2n) is 7.26. The number of carbonyl (C=O) groups excluding carboxylic acids is 2. The number of carbonyl (C=O) groups is 2. The number of amides is 2. The van der Waals surface area contributed by atoms with E-state index < -0.39 is 17.6 Å². The Morgan fingerprint density at radius 3 is 2.77 bits per heavy atom. The van der Waals surface area contributed by atoms with Crippen molar-refractivity contribution in [2.24, 2.45) is 0 Å². The van der Waals surface area contributed by atoms with Gasteiger partial charge >= 0.3 is 6.18 Å². The Hall–Kier alpha value is -3.29. The summed E-state index contributed by atoms with van der Waals surface area (Å²) in [7, 11) is 0. The number of halogens is 3. The van der Waals surface area contributed by atoms with Gasteiger partial charge < -0.3 is 15.4 Å². The van der Waals surface area contributed by atoms with Crippen LogP contribution in [-0.2, 0) is 28.7 Å². The van der Waals surface area contributed by atoms with Gasteiger partial charge in [-0.15, -0.1) is 0 Å². The molecule has 0 radical (unpaired) electrons. The second-order valence-corrected chi connectivity index (χ2v) is 7.26. The number of hydrogen-bond acceptors (Lipinski definition) is 3. The van der Waals surface area contributed by atoms with Crippen LogP contribution in [0.2, 0.25) is 0 Å². The van der Waals surface area contributed by atoms with Gasteiger partial charge in [-0.3, -0.25) is 9.59 Å². The van der Waals surface area contributed by atoms with Crippen molar-refractivity contribution in [3.05, 3.63) is 64.7 Å². The first kappa shape index (κ1) is 20.0. The molecule has 0 atom stereocenters. The first-order valence-corrected chi connectivity index (χ1v) is 9.54. The second kappa shape index (κ2) is 7.85. The van der Waals surface area contributed by atoms with Crippen molar-refractivity contribution in [3.63, 3.8) is 0 Å². The third kappa shape index (κ3) is 4.32. The topological polar surface area (TPSA) is 67.4 Å². The fraction of sp³-hybridized carbons (Fsp3) is 0.273. The van der Waals surface area contributed by atoms with E-state index in [4.69, 9.17) is 4.74 Å². The van der Waals surface area contributed by atoms with Crippen molar-refractivity contribution in [2.75, 3.05) is 11.9 Å². The molecule has 2 aliphatic rings. The molecule has 156 valence electrons. The van der Waals surface area contributed by atoms with Crippen LogP contribution in [0.1, 0.15) is 35.1 Å². The van der Waals surface area contributed by atoms with Crippen molar-refractivity contribution >= 4 is 23.1 Å². The molecule has 2 N–H and O–H groups in total. The molecule has 5 nitrogen and oxygen atoms in total. The Bertz CT molecular complexity index is 1040. The Morgan fingerprint density at radius 2 is 1.97 bits per heavy atom. The van der Waals surface area contributed by atoms with E-state index >= 15 is 0 Å². The number of allylic oxidation sites excluding steroid dienone is 1. The summed E-state index contributed by atoms with van der Waals surface area (Å²) < 4.78 is 44.5. The first-order chi connectivity index (χ1) is 14.3. The summed E-state index contributed by atoms with van der Waals surface area (Å²) in [6.45, 7) is 0.739. The van der Waals surface area contributed by atoms with Crippen LogP contribution < -0.4 is 15.4 Å². The van der Waals surface area contributed by atoms with Gasteiger partial charge in [-0.1, -0.05) is 12.1 Å². The number of alkyl halides is 3. The molecule has 2 amide bonds. The fourth-order valence-electron chi connectivity index (χ4n) is 3.62. The third-order valence-electron chi connectivity index (χ3n) is 5.11. The smallest absolute Gasteiger partial charge is 0.416 e. The lowest BCUT2D eigenvalue weighted by Crippen LogP contribution is -2.30. The number of benzene rings is 2. The van der Waals surface area contributed by atoms with Gasteiger partial charge in [0.05, 0.1) is 18.6 Å². The minimum atomic E-state index is -4.46. The van der Waals surface area contributed by atoms with Crippen molar-refractivity contribution in [3.8, 4) is 5.75 Å². The van der Waals surface area contributed by atoms with Gasteiger partial charge in [0.15, 0.2) is 0 Å². The minimum Gasteiger partial charge on any atom is -0.493 e. The molecule has 0 saturated carbocycles. The van der Waals surface area contributed by atoms with Crippen molar-refractivity contribution in [1.29, 1.82) is 0 Å². The van der Waals surface area contributed by atoms with Gasteiger partial charge in [-0.05, 0) is 53.8 Å². The zero-order valence-electron chi connectivity index (χ0n) is 15.9. The minimum absolute atomic E-state index is 0.0682. The summed E-state index contributed by atoms with van der Waals surface area (Å²) >= 11 is 0. The molecule has 2 aromatic carbocycles. The average Bonchev–Trinajstić information content (AvgIpc) is 2.88. The van der Waals surface area contributed by atoms with Crippen LogP contribution in [0.5, 0.6) is 5.75 Å². The Kier molecular flexibility index (Phi) is 5.24. The van der Waals surface area contributed by atoms with Crippen LogP contribution in [0.15, 0.2) is 42.5 Å². The molecule has 0 saturated heterocycles. The zero-order chi connectivity index (χ0) is 21.3. The highest BCUT2D eigenvalue weighted by molar-refractivity contribution is 6.04. The highest BCUT2D eigenvalue weighted by Crippen LogP contribution is 2.38. The number of nitrogens with one attached hydrogen (secondary N) is 2. The lowest BCUT2D eigenvalue weighted by atomic mass is 9.98. The molecule has 0 bridgehead atoms. The van der Waals surface area contributed by atoms with E-state index in [9.17, 15) is 22.8 Å². The maximum atomic E-state index is 13.0. The molecule has 4 rings (SSSR count). The number of rotatable bonds is 2. The van der Waals surface area contributed by atoms with E-state index in [1.807, 2.05) is 6.07 Å². The van der Waals surface area contributed by atoms with E-state index in [-0.39, 0.29) is 24.7 Å². The van der Waals surface area contributed by atoms with E-state index in [1.54, 1.807) is 12.1 Å². The lowest BCUT2D eigenvalue weighted by molar-refractivity contribution is -0.137. The number of ether oxygens (including phenoxy) is 1. The predicted octanol–water partition coefficient (Wildman–Crippen LogP) is 4.07. The standard InChI is InChI=1S/C22H19F3N2O3/c23-22(24,25)16-4-6-18-13(2-1-7-30-19(18)11-16)9-21(29)27-17-5-3-14-12-26-20(28)10-15(14)8-17/h3-6,8-9,11H,1-2,7,10,12H2,(H,26,28)(H,27,29)/b13-9+. The molecule has 0 spiro atoms. The molecule has 2 aromatic rings. The maximum absolute atomic E-state index is 13.0. The summed E-state index contributed by atoms with van der Waals surface area (Å²) in [6, 6.07) is 8.69. The SMILES string of the molecule is O=C(/C=C1\CCCOc2cc(C(F)(F)F)ccc21)Nc1ccc2c(c1)CC(=O)NC2. The summed E-state index contributed by atoms with van der Waals surface area (Å²) in [5.41, 5.74) is 2.73. The van der Waals surface area contributed by atoms with Gasteiger partial charge in [0.2, 0.25) is 11.8 Å². The lowest BCUT2D eigenvalue weighted by Gasteiger charge is -2.17. The number of hydrogen-bond donors (Lipinski definition) is 2. The molecule has 2 aliphatic heterocycles. The molecule has 0 aromatic heterocycles. The van der Waals surface area contributed by atoms with Gasteiger partial charge in [-0.2, -0.15) is 13.2 Å². The fourth-order valence-corrected chi connectivity index (χ4v) is 3.62. The molecule has 0 fully saturated rings. The van der Waals surface area contributed by atoms with Crippen LogP contribution in [0, 0.1) is 0 Å². The summed E-state index contributed by atoms with van der Waals surface area (Å²) in [6.07, 6.45) is -1.71. The first-order valence-electron chi connectivity index (χ1n) is 9.54. The maximum Gasteiger partial charge on any atom is 0.416 e. The van der Waals surface area contributed by atoms with Crippen LogP contribution in [0.4, 0.5) is 18.9 Å². The van der Waals surface area contributed by atoms with Crippen molar-refractivity contribution in [2.45, 2.75) is 32.0 Å². The highest BCUT2D eigenvalue weighted by atomic mass is 19.4. The Balaban J connectivity index is 1.57. The van der Waals surface area contributed by atoms with Gasteiger partial charge in [0.25, 0.3) is 0 Å². The van der Waals surface area contributed by atoms with Crippen LogP contribution in [-0.4, -0.2) is 18.4 Å². The van der Waals surface area contributed by atoms with E-state index in [2.05, 4.69) is 10.6 Å². The van der Waals surface area contributed by atoms with Gasteiger partial charge in [0.1, 0.15) is 5.75 Å². The molecular weight excluding hydrogens is 397 g/mol. The van der Waals surface area contributed by atoms with E-state index in [0.29, 0.717) is 36.2 Å². The summed E-state index contributed by atoms with van der Waals surface area (Å²) in [4.78, 5) is 24.1. The highest BCUT2D eigenvalue weighted by Gasteiger charge is 2.32. The average molecular weight is 416 g/mol. The van der Waals surface area contributed by atoms with Crippen molar-refractivity contribution < 1.29 is 27.5 Å². The van der Waals surface area contributed by atoms with Crippen LogP contribution in [0.25, 0.3) is 5.57 Å². The third-order valence-corrected chi connectivity index (χ3v) is 5.11. The Labute approximate surface area is 170 Å². The van der Waals surface area contributed by atoms with Gasteiger partial charge in [-0.25, -0.2) is 0 Å². The normalized spacial score (nSPS) is 17.3. The quantitative estimate of drug-likeness (QED) is 0.726. The van der Waals surface area contributed by atoms with Crippen LogP contribution >= 0.6 is 0 Å². The van der Waals surface area contributed by atoms with Crippen LogP contribution in [0.3, 0.4) is 0 Å². The summed E-state index contributed by atoms with van der Waals surface area (Å²) in [5.74, 6) is -0.333. The number of anilines is 1. The summed E-state index contributed by atoms with van der Waals surface area (Å²) in [5, 5.41) is 5.54. The molecule has 0 unspecified atom stereocenters. The van der Waals surface area contributed by atoms with Gasteiger partial charge in [0, 0.05) is 23.9 Å².